The van der Waals surface area contributed by atoms with Gasteiger partial charge < -0.3 is 19.4 Å². The number of carbonyl (C=O) groups is 2. The molecule has 0 bridgehead atoms. The first kappa shape index (κ1) is 22.8. The topological polar surface area (TPSA) is 118 Å². The monoisotopic (exact) mass is 480 g/mol. The largest absolute Gasteiger partial charge is 0.465 e. The minimum Gasteiger partial charge on any atom is -0.465 e. The number of ether oxygens (including phenoxy) is 2. The summed E-state index contributed by atoms with van der Waals surface area (Å²) in [4.78, 5) is 55.8. The van der Waals surface area contributed by atoms with Gasteiger partial charge in [0.2, 0.25) is 0 Å². The quantitative estimate of drug-likeness (QED) is 0.293. The van der Waals surface area contributed by atoms with Crippen LogP contribution in [0.3, 0.4) is 0 Å². The van der Waals surface area contributed by atoms with Gasteiger partial charge in [-0.3, -0.25) is 9.59 Å². The summed E-state index contributed by atoms with van der Waals surface area (Å²) < 4.78 is 9.44. The summed E-state index contributed by atoms with van der Waals surface area (Å²) in [5.74, 6) is -0.893. The zero-order valence-corrected chi connectivity index (χ0v) is 19.4. The highest BCUT2D eigenvalue weighted by atomic mass is 16.5. The zero-order chi connectivity index (χ0) is 25.4. The molecule has 0 radical (unpaired) electrons. The van der Waals surface area contributed by atoms with Crippen molar-refractivity contribution >= 4 is 33.7 Å². The molecule has 0 amide bonds. The first-order valence-electron chi connectivity index (χ1n) is 11.0. The Hall–Kier alpha value is -4.98. The third-order valence-corrected chi connectivity index (χ3v) is 6.01. The van der Waals surface area contributed by atoms with E-state index in [1.165, 1.54) is 26.4 Å². The van der Waals surface area contributed by atoms with Gasteiger partial charge in [0.25, 0.3) is 0 Å². The summed E-state index contributed by atoms with van der Waals surface area (Å²) in [5.41, 5.74) is 3.94. The van der Waals surface area contributed by atoms with Crippen LogP contribution in [0.4, 0.5) is 0 Å². The van der Waals surface area contributed by atoms with Crippen LogP contribution in [0.1, 0.15) is 20.7 Å². The van der Waals surface area contributed by atoms with Gasteiger partial charge in [0.05, 0.1) is 36.4 Å². The third-order valence-electron chi connectivity index (χ3n) is 6.01. The van der Waals surface area contributed by atoms with Crippen LogP contribution < -0.4 is 10.9 Å². The number of aromatic nitrogens is 2. The number of carbonyl (C=O) groups excluding carboxylic acids is 2. The lowest BCUT2D eigenvalue weighted by Crippen LogP contribution is -2.07. The van der Waals surface area contributed by atoms with Crippen LogP contribution in [-0.4, -0.2) is 36.1 Å². The average Bonchev–Trinajstić information content (AvgIpc) is 2.91. The molecule has 2 aromatic heterocycles. The Kier molecular flexibility index (Phi) is 5.69. The average molecular weight is 480 g/mol. The molecule has 0 atom stereocenters. The van der Waals surface area contributed by atoms with Crippen molar-refractivity contribution in [3.63, 3.8) is 0 Å². The summed E-state index contributed by atoms with van der Waals surface area (Å²) >= 11 is 0. The van der Waals surface area contributed by atoms with Gasteiger partial charge in [-0.1, -0.05) is 24.3 Å². The summed E-state index contributed by atoms with van der Waals surface area (Å²) in [6.45, 7) is 0. The number of rotatable bonds is 4. The van der Waals surface area contributed by atoms with Gasteiger partial charge in [-0.25, -0.2) is 9.59 Å². The highest BCUT2D eigenvalue weighted by Gasteiger charge is 2.12. The van der Waals surface area contributed by atoms with E-state index in [0.717, 1.165) is 0 Å². The first-order valence-corrected chi connectivity index (χ1v) is 11.0. The molecule has 178 valence electrons. The Morgan fingerprint density at radius 3 is 1.28 bits per heavy atom. The number of H-pyrrole nitrogens is 2. The van der Waals surface area contributed by atoms with Crippen molar-refractivity contribution in [1.82, 2.24) is 9.97 Å². The lowest BCUT2D eigenvalue weighted by Gasteiger charge is -2.09. The van der Waals surface area contributed by atoms with Crippen LogP contribution in [0.25, 0.3) is 44.3 Å². The van der Waals surface area contributed by atoms with E-state index in [-0.39, 0.29) is 10.9 Å². The Morgan fingerprint density at radius 2 is 0.944 bits per heavy atom. The molecule has 0 aliphatic rings. The maximum absolute atomic E-state index is 13.0. The predicted octanol–water partition coefficient (Wildman–Crippen LogP) is 4.28. The van der Waals surface area contributed by atoms with Gasteiger partial charge in [0.15, 0.2) is 10.9 Å². The zero-order valence-electron chi connectivity index (χ0n) is 19.4. The molecule has 0 aliphatic heterocycles. The molecule has 0 unspecified atom stereocenters. The minimum absolute atomic E-state index is 0.216. The number of benzene rings is 3. The van der Waals surface area contributed by atoms with Gasteiger partial charge >= 0.3 is 11.9 Å². The number of aromatic amines is 2. The van der Waals surface area contributed by atoms with E-state index < -0.39 is 11.9 Å². The Balaban J connectivity index is 1.58. The summed E-state index contributed by atoms with van der Waals surface area (Å²) in [6.07, 6.45) is 0. The van der Waals surface area contributed by atoms with E-state index in [2.05, 4.69) is 9.97 Å². The third kappa shape index (κ3) is 4.05. The Labute approximate surface area is 204 Å². The number of fused-ring (bicyclic) bond motifs is 2. The molecule has 2 N–H and O–H groups in total. The van der Waals surface area contributed by atoms with Crippen molar-refractivity contribution in [1.29, 1.82) is 0 Å². The molecule has 0 saturated carbocycles. The Bertz CT molecular complexity index is 1630. The predicted molar refractivity (Wildman–Crippen MR) is 136 cm³/mol. The number of hydrogen-bond acceptors (Lipinski definition) is 6. The van der Waals surface area contributed by atoms with Crippen LogP contribution in [0.15, 0.2) is 82.4 Å². The van der Waals surface area contributed by atoms with Crippen molar-refractivity contribution in [2.75, 3.05) is 14.2 Å². The van der Waals surface area contributed by atoms with Gasteiger partial charge in [0.1, 0.15) is 0 Å². The smallest absolute Gasteiger partial charge is 0.337 e. The number of methoxy groups -OCH3 is 2. The van der Waals surface area contributed by atoms with Crippen LogP contribution in [0.5, 0.6) is 0 Å². The second-order valence-electron chi connectivity index (χ2n) is 8.18. The molecule has 0 fully saturated rings. The van der Waals surface area contributed by atoms with Crippen LogP contribution >= 0.6 is 0 Å². The molecule has 2 heterocycles. The molecular formula is C28H20N2O6. The van der Waals surface area contributed by atoms with Crippen molar-refractivity contribution in [3.05, 3.63) is 104 Å². The van der Waals surface area contributed by atoms with E-state index in [1.54, 1.807) is 60.7 Å². The number of hydrogen-bond donors (Lipinski definition) is 2. The van der Waals surface area contributed by atoms with Crippen molar-refractivity contribution in [2.45, 2.75) is 0 Å². The molecule has 0 spiro atoms. The van der Waals surface area contributed by atoms with E-state index in [9.17, 15) is 19.2 Å². The molecule has 5 rings (SSSR count). The molecule has 0 aliphatic carbocycles. The summed E-state index contributed by atoms with van der Waals surface area (Å²) in [5, 5.41) is 0.845. The summed E-state index contributed by atoms with van der Waals surface area (Å²) in [6, 6.07) is 19.6. The lowest BCUT2D eigenvalue weighted by molar-refractivity contribution is 0.0592. The van der Waals surface area contributed by atoms with Crippen LogP contribution in [0.2, 0.25) is 0 Å². The number of esters is 2. The van der Waals surface area contributed by atoms with Crippen LogP contribution in [-0.2, 0) is 9.47 Å². The van der Waals surface area contributed by atoms with Gasteiger partial charge in [-0.15, -0.1) is 0 Å². The number of nitrogens with one attached hydrogen (secondary N) is 2. The molecule has 5 aromatic rings. The highest BCUT2D eigenvalue weighted by Crippen LogP contribution is 2.24. The molecule has 3 aromatic carbocycles. The maximum Gasteiger partial charge on any atom is 0.337 e. The normalized spacial score (nSPS) is 10.9. The highest BCUT2D eigenvalue weighted by molar-refractivity contribution is 5.96. The SMILES string of the molecule is COC(=O)c1ccc(-c2cc(=O)c3cc4[nH]c(-c5ccc(C(=O)OC)cc5)cc(=O)c4cc3[nH]2)cc1. The minimum atomic E-state index is -0.446. The molecular weight excluding hydrogens is 460 g/mol. The first-order chi connectivity index (χ1) is 17.4. The summed E-state index contributed by atoms with van der Waals surface area (Å²) in [7, 11) is 2.62. The van der Waals surface area contributed by atoms with Gasteiger partial charge in [-0.05, 0) is 47.5 Å². The van der Waals surface area contributed by atoms with E-state index in [4.69, 9.17) is 9.47 Å². The molecule has 36 heavy (non-hydrogen) atoms. The molecule has 8 nitrogen and oxygen atoms in total. The second kappa shape index (κ2) is 8.99. The standard InChI is InChI=1S/C28H20N2O6/c1-35-27(33)17-7-3-15(4-8-17)21-13-25(31)19-12-24-20(11-23(19)29-21)26(32)14-22(30-24)16-5-9-18(10-6-16)28(34)36-2/h3-14H,1-2H3,(H,29,31)(H,30,32). The van der Waals surface area contributed by atoms with Crippen LogP contribution in [0, 0.1) is 0 Å². The van der Waals surface area contributed by atoms with E-state index in [0.29, 0.717) is 55.4 Å². The lowest BCUT2D eigenvalue weighted by atomic mass is 10.0. The number of pyridine rings is 2. The van der Waals surface area contributed by atoms with Crippen molar-refractivity contribution in [2.24, 2.45) is 0 Å². The fraction of sp³-hybridized carbons (Fsp3) is 0.0714. The van der Waals surface area contributed by atoms with Crippen molar-refractivity contribution < 1.29 is 19.1 Å². The fourth-order valence-electron chi connectivity index (χ4n) is 4.11. The fourth-order valence-corrected chi connectivity index (χ4v) is 4.11. The van der Waals surface area contributed by atoms with E-state index >= 15 is 0 Å². The van der Waals surface area contributed by atoms with Gasteiger partial charge in [0, 0.05) is 34.3 Å². The van der Waals surface area contributed by atoms with Gasteiger partial charge in [-0.2, -0.15) is 0 Å². The van der Waals surface area contributed by atoms with E-state index in [1.807, 2.05) is 0 Å². The Morgan fingerprint density at radius 1 is 0.583 bits per heavy atom. The maximum atomic E-state index is 13.0. The second-order valence-corrected chi connectivity index (χ2v) is 8.18. The van der Waals surface area contributed by atoms with Crippen molar-refractivity contribution in [3.8, 4) is 22.5 Å². The molecule has 0 saturated heterocycles. The molecule has 8 heteroatoms.